The standard InChI is InChI=1S/C21H23F2N3O3/c1-13-5-4-6-18(14(13)2)25-19(27)12-26(3)20(28)9-10-24-21(29)16-8-7-15(22)11-17(16)23/h4-8,11H,9-10,12H2,1-3H3,(H,24,29)(H,25,27). The van der Waals surface area contributed by atoms with E-state index < -0.39 is 17.5 Å². The third-order valence-electron chi connectivity index (χ3n) is 4.49. The third kappa shape index (κ3) is 6.10. The van der Waals surface area contributed by atoms with Crippen molar-refractivity contribution in [3.8, 4) is 0 Å². The van der Waals surface area contributed by atoms with Gasteiger partial charge in [0, 0.05) is 31.8 Å². The fourth-order valence-corrected chi connectivity index (χ4v) is 2.62. The van der Waals surface area contributed by atoms with Gasteiger partial charge < -0.3 is 15.5 Å². The van der Waals surface area contributed by atoms with Crippen LogP contribution in [0.3, 0.4) is 0 Å². The van der Waals surface area contributed by atoms with Crippen LogP contribution in [0.5, 0.6) is 0 Å². The first-order chi connectivity index (χ1) is 13.7. The SMILES string of the molecule is Cc1cccc(NC(=O)CN(C)C(=O)CCNC(=O)c2ccc(F)cc2F)c1C. The summed E-state index contributed by atoms with van der Waals surface area (Å²) in [5.41, 5.74) is 2.37. The Bertz CT molecular complexity index is 931. The molecule has 0 aliphatic rings. The number of nitrogens with zero attached hydrogens (tertiary/aromatic N) is 1. The van der Waals surface area contributed by atoms with E-state index in [0.29, 0.717) is 11.8 Å². The minimum atomic E-state index is -0.978. The van der Waals surface area contributed by atoms with E-state index in [1.165, 1.54) is 11.9 Å². The molecule has 0 radical (unpaired) electrons. The van der Waals surface area contributed by atoms with E-state index >= 15 is 0 Å². The molecule has 0 saturated carbocycles. The number of carbonyl (C=O) groups excluding carboxylic acids is 3. The van der Waals surface area contributed by atoms with Crippen LogP contribution in [0.15, 0.2) is 36.4 Å². The highest BCUT2D eigenvalue weighted by molar-refractivity contribution is 5.96. The number of aryl methyl sites for hydroxylation is 1. The topological polar surface area (TPSA) is 78.5 Å². The maximum Gasteiger partial charge on any atom is 0.254 e. The lowest BCUT2D eigenvalue weighted by molar-refractivity contribution is -0.133. The first-order valence-corrected chi connectivity index (χ1v) is 9.02. The number of benzene rings is 2. The van der Waals surface area contributed by atoms with Gasteiger partial charge in [-0.25, -0.2) is 8.78 Å². The smallest absolute Gasteiger partial charge is 0.254 e. The van der Waals surface area contributed by atoms with Crippen molar-refractivity contribution in [3.05, 3.63) is 64.7 Å². The molecular weight excluding hydrogens is 380 g/mol. The zero-order valence-corrected chi connectivity index (χ0v) is 16.5. The second kappa shape index (κ2) is 9.77. The van der Waals surface area contributed by atoms with E-state index in [4.69, 9.17) is 0 Å². The van der Waals surface area contributed by atoms with Crippen molar-refractivity contribution in [1.82, 2.24) is 10.2 Å². The van der Waals surface area contributed by atoms with Gasteiger partial charge >= 0.3 is 0 Å². The zero-order chi connectivity index (χ0) is 21.6. The second-order valence-electron chi connectivity index (χ2n) is 6.68. The molecule has 0 fully saturated rings. The minimum Gasteiger partial charge on any atom is -0.351 e. The lowest BCUT2D eigenvalue weighted by atomic mass is 10.1. The monoisotopic (exact) mass is 403 g/mol. The van der Waals surface area contributed by atoms with Crippen LogP contribution in [-0.4, -0.2) is 42.8 Å². The molecular formula is C21H23F2N3O3. The number of amides is 3. The molecule has 0 unspecified atom stereocenters. The van der Waals surface area contributed by atoms with E-state index in [9.17, 15) is 23.2 Å². The van der Waals surface area contributed by atoms with Gasteiger partial charge in [-0.15, -0.1) is 0 Å². The average Bonchev–Trinajstić information content (AvgIpc) is 2.65. The minimum absolute atomic E-state index is 0.0442. The molecule has 0 atom stereocenters. The highest BCUT2D eigenvalue weighted by atomic mass is 19.1. The normalized spacial score (nSPS) is 10.4. The van der Waals surface area contributed by atoms with Gasteiger partial charge in [0.05, 0.1) is 12.1 Å². The van der Waals surface area contributed by atoms with Crippen LogP contribution >= 0.6 is 0 Å². The molecule has 8 heteroatoms. The average molecular weight is 403 g/mol. The summed E-state index contributed by atoms with van der Waals surface area (Å²) in [5, 5.41) is 5.17. The summed E-state index contributed by atoms with van der Waals surface area (Å²) in [6.07, 6.45) is -0.0677. The summed E-state index contributed by atoms with van der Waals surface area (Å²) >= 11 is 0. The molecule has 0 bridgehead atoms. The number of carbonyl (C=O) groups is 3. The van der Waals surface area contributed by atoms with Crippen LogP contribution in [0.25, 0.3) is 0 Å². The fourth-order valence-electron chi connectivity index (χ4n) is 2.62. The number of likely N-dealkylation sites (N-methyl/N-ethyl adjacent to an activating group) is 1. The van der Waals surface area contributed by atoms with Gasteiger partial charge in [0.1, 0.15) is 11.6 Å². The number of anilines is 1. The van der Waals surface area contributed by atoms with E-state index in [-0.39, 0.29) is 36.9 Å². The van der Waals surface area contributed by atoms with Gasteiger partial charge in [-0.2, -0.15) is 0 Å². The van der Waals surface area contributed by atoms with Crippen LogP contribution in [0.2, 0.25) is 0 Å². The maximum atomic E-state index is 13.6. The van der Waals surface area contributed by atoms with Crippen LogP contribution in [0.4, 0.5) is 14.5 Å². The Balaban J connectivity index is 1.80. The highest BCUT2D eigenvalue weighted by Gasteiger charge is 2.16. The van der Waals surface area contributed by atoms with Crippen molar-refractivity contribution < 1.29 is 23.2 Å². The Labute approximate surface area is 167 Å². The van der Waals surface area contributed by atoms with Gasteiger partial charge in [-0.3, -0.25) is 14.4 Å². The number of nitrogens with one attached hydrogen (secondary N) is 2. The molecule has 0 aliphatic carbocycles. The molecule has 0 heterocycles. The molecule has 0 spiro atoms. The zero-order valence-electron chi connectivity index (χ0n) is 16.5. The van der Waals surface area contributed by atoms with Crippen LogP contribution in [-0.2, 0) is 9.59 Å². The summed E-state index contributed by atoms with van der Waals surface area (Å²) in [6, 6.07) is 8.18. The van der Waals surface area contributed by atoms with E-state index in [1.807, 2.05) is 26.0 Å². The van der Waals surface area contributed by atoms with E-state index in [2.05, 4.69) is 10.6 Å². The quantitative estimate of drug-likeness (QED) is 0.746. The predicted octanol–water partition coefficient (Wildman–Crippen LogP) is 2.80. The molecule has 2 aromatic rings. The summed E-state index contributed by atoms with van der Waals surface area (Å²) in [5.74, 6) is -3.21. The molecule has 29 heavy (non-hydrogen) atoms. The number of halogens is 2. The van der Waals surface area contributed by atoms with Crippen LogP contribution in [0.1, 0.15) is 27.9 Å². The van der Waals surface area contributed by atoms with Gasteiger partial charge in [0.15, 0.2) is 0 Å². The van der Waals surface area contributed by atoms with Crippen LogP contribution in [0, 0.1) is 25.5 Å². The van der Waals surface area contributed by atoms with Crippen molar-refractivity contribution in [1.29, 1.82) is 0 Å². The summed E-state index contributed by atoms with van der Waals surface area (Å²) in [4.78, 5) is 37.5. The van der Waals surface area contributed by atoms with Gasteiger partial charge in [-0.05, 0) is 43.2 Å². The van der Waals surface area contributed by atoms with Crippen molar-refractivity contribution in [3.63, 3.8) is 0 Å². The Kier molecular flexibility index (Phi) is 7.41. The molecule has 3 amide bonds. The molecule has 154 valence electrons. The molecule has 0 saturated heterocycles. The number of hydrogen-bond donors (Lipinski definition) is 2. The molecule has 0 aliphatic heterocycles. The van der Waals surface area contributed by atoms with Crippen molar-refractivity contribution >= 4 is 23.4 Å². The summed E-state index contributed by atoms with van der Waals surface area (Å²) in [7, 11) is 1.48. The fraction of sp³-hybridized carbons (Fsp3) is 0.286. The van der Waals surface area contributed by atoms with Crippen LogP contribution < -0.4 is 10.6 Å². The highest BCUT2D eigenvalue weighted by Crippen LogP contribution is 2.17. The Morgan fingerprint density at radius 2 is 1.79 bits per heavy atom. The first-order valence-electron chi connectivity index (χ1n) is 9.02. The van der Waals surface area contributed by atoms with E-state index in [0.717, 1.165) is 23.3 Å². The van der Waals surface area contributed by atoms with Gasteiger partial charge in [0.25, 0.3) is 5.91 Å². The first kappa shape index (κ1) is 22.0. The Hall–Kier alpha value is -3.29. The summed E-state index contributed by atoms with van der Waals surface area (Å²) in [6.45, 7) is 3.64. The second-order valence-corrected chi connectivity index (χ2v) is 6.68. The third-order valence-corrected chi connectivity index (χ3v) is 4.49. The van der Waals surface area contributed by atoms with Gasteiger partial charge in [-0.1, -0.05) is 12.1 Å². The molecule has 2 N–H and O–H groups in total. The van der Waals surface area contributed by atoms with E-state index in [1.54, 1.807) is 6.07 Å². The Morgan fingerprint density at radius 3 is 2.48 bits per heavy atom. The van der Waals surface area contributed by atoms with Crippen molar-refractivity contribution in [2.24, 2.45) is 0 Å². The predicted molar refractivity (Wildman–Crippen MR) is 105 cm³/mol. The largest absolute Gasteiger partial charge is 0.351 e. The molecule has 0 aromatic heterocycles. The Morgan fingerprint density at radius 1 is 1.07 bits per heavy atom. The summed E-state index contributed by atoms with van der Waals surface area (Å²) < 4.78 is 26.5. The lowest BCUT2D eigenvalue weighted by Gasteiger charge is -2.18. The van der Waals surface area contributed by atoms with Crippen molar-refractivity contribution in [2.75, 3.05) is 25.5 Å². The van der Waals surface area contributed by atoms with Gasteiger partial charge in [0.2, 0.25) is 11.8 Å². The molecule has 6 nitrogen and oxygen atoms in total. The molecule has 2 aromatic carbocycles. The maximum absolute atomic E-state index is 13.6. The lowest BCUT2D eigenvalue weighted by Crippen LogP contribution is -2.37. The number of rotatable bonds is 7. The molecule has 2 rings (SSSR count). The van der Waals surface area contributed by atoms with Crippen molar-refractivity contribution in [2.45, 2.75) is 20.3 Å². The number of hydrogen-bond acceptors (Lipinski definition) is 3.